The monoisotopic (exact) mass is 906 g/mol. The molecule has 2 saturated heterocycles. The van der Waals surface area contributed by atoms with Gasteiger partial charge in [0.15, 0.2) is 12.6 Å². The highest BCUT2D eigenvalue weighted by Gasteiger charge is 2.51. The quantitative estimate of drug-likeness (QED) is 0.0296. The standard InChI is InChI=1S/C49H95NO13/c1-3-4-5-6-7-8-9-10-11-12-13-14-15-16-17-18-19-20-21-22-23-24-25-26-27-28-29-30-31-32-33-39(54)38(50-37(2)53)36-60-48-46(59)44(57)47(41(35-52)62-48)63-49-45(58)43(56)42(55)40(34-51)61-49/h38-49,51-52,54-59H,3-36H2,1-2H3,(H,50,53). The van der Waals surface area contributed by atoms with Gasteiger partial charge in [0.25, 0.3) is 0 Å². The highest BCUT2D eigenvalue weighted by Crippen LogP contribution is 2.30. The van der Waals surface area contributed by atoms with E-state index in [2.05, 4.69) is 12.2 Å². The van der Waals surface area contributed by atoms with Gasteiger partial charge < -0.3 is 65.1 Å². The maximum atomic E-state index is 12.0. The molecule has 63 heavy (non-hydrogen) atoms. The lowest BCUT2D eigenvalue weighted by Crippen LogP contribution is -2.65. The Morgan fingerprint density at radius 3 is 1.25 bits per heavy atom. The molecule has 2 rings (SSSR count). The first kappa shape index (κ1) is 58.1. The molecule has 2 fully saturated rings. The first-order valence-corrected chi connectivity index (χ1v) is 25.7. The van der Waals surface area contributed by atoms with Gasteiger partial charge in [-0.2, -0.15) is 0 Å². The van der Waals surface area contributed by atoms with Crippen LogP contribution in [0.5, 0.6) is 0 Å². The molecule has 0 aromatic carbocycles. The van der Waals surface area contributed by atoms with Crippen LogP contribution in [-0.4, -0.2) is 140 Å². The zero-order chi connectivity index (χ0) is 46.1. The molecule has 374 valence electrons. The van der Waals surface area contributed by atoms with Gasteiger partial charge in [0, 0.05) is 6.92 Å². The number of carbonyl (C=O) groups excluding carboxylic acids is 1. The van der Waals surface area contributed by atoms with Crippen LogP contribution in [0.15, 0.2) is 0 Å². The minimum Gasteiger partial charge on any atom is -0.394 e. The molecule has 14 nitrogen and oxygen atoms in total. The van der Waals surface area contributed by atoms with E-state index in [1.165, 1.54) is 174 Å². The normalized spacial score (nSPS) is 27.4. The van der Waals surface area contributed by atoms with Gasteiger partial charge in [-0.1, -0.05) is 200 Å². The van der Waals surface area contributed by atoms with Crippen molar-refractivity contribution in [3.63, 3.8) is 0 Å². The molecule has 2 aliphatic rings. The smallest absolute Gasteiger partial charge is 0.217 e. The Bertz CT molecular complexity index is 1070. The molecular formula is C49H95NO13. The molecule has 0 radical (unpaired) electrons. The Kier molecular flexibility index (Phi) is 34.2. The average molecular weight is 906 g/mol. The van der Waals surface area contributed by atoms with Crippen molar-refractivity contribution in [1.82, 2.24) is 5.32 Å². The maximum absolute atomic E-state index is 12.0. The number of hydrogen-bond acceptors (Lipinski definition) is 13. The highest BCUT2D eigenvalue weighted by molar-refractivity contribution is 5.73. The van der Waals surface area contributed by atoms with Crippen molar-refractivity contribution in [2.75, 3.05) is 19.8 Å². The summed E-state index contributed by atoms with van der Waals surface area (Å²) in [5.74, 6) is -0.380. The van der Waals surface area contributed by atoms with Gasteiger partial charge in [-0.3, -0.25) is 4.79 Å². The van der Waals surface area contributed by atoms with E-state index in [0.29, 0.717) is 6.42 Å². The molecule has 0 aromatic rings. The Balaban J connectivity index is 1.45. The van der Waals surface area contributed by atoms with Crippen molar-refractivity contribution in [1.29, 1.82) is 0 Å². The number of aliphatic hydroxyl groups is 8. The number of unbranched alkanes of at least 4 members (excludes halogenated alkanes) is 29. The summed E-state index contributed by atoms with van der Waals surface area (Å²) in [6, 6.07) is -0.824. The zero-order valence-corrected chi connectivity index (χ0v) is 39.6. The number of aliphatic hydroxyl groups excluding tert-OH is 8. The van der Waals surface area contributed by atoms with Gasteiger partial charge in [-0.25, -0.2) is 0 Å². The Morgan fingerprint density at radius 1 is 0.508 bits per heavy atom. The van der Waals surface area contributed by atoms with Gasteiger partial charge in [0.2, 0.25) is 5.91 Å². The van der Waals surface area contributed by atoms with Crippen LogP contribution in [-0.2, 0) is 23.7 Å². The lowest BCUT2D eigenvalue weighted by molar-refractivity contribution is -0.359. The van der Waals surface area contributed by atoms with E-state index in [1.54, 1.807) is 0 Å². The summed E-state index contributed by atoms with van der Waals surface area (Å²) in [6.07, 6.45) is 23.9. The summed E-state index contributed by atoms with van der Waals surface area (Å²) in [5.41, 5.74) is 0. The third-order valence-corrected chi connectivity index (χ3v) is 13.1. The Morgan fingerprint density at radius 2 is 0.873 bits per heavy atom. The van der Waals surface area contributed by atoms with Crippen molar-refractivity contribution in [2.45, 2.75) is 286 Å². The van der Waals surface area contributed by atoms with Gasteiger partial charge in [-0.05, 0) is 6.42 Å². The highest BCUT2D eigenvalue weighted by atomic mass is 16.7. The van der Waals surface area contributed by atoms with Crippen molar-refractivity contribution < 1.29 is 64.6 Å². The number of carbonyl (C=O) groups is 1. The van der Waals surface area contributed by atoms with Crippen LogP contribution in [0.3, 0.4) is 0 Å². The summed E-state index contributed by atoms with van der Waals surface area (Å²) in [4.78, 5) is 12.0. The van der Waals surface area contributed by atoms with E-state index in [0.717, 1.165) is 25.7 Å². The summed E-state index contributed by atoms with van der Waals surface area (Å²) in [5, 5.41) is 85.3. The summed E-state index contributed by atoms with van der Waals surface area (Å²) in [7, 11) is 0. The molecule has 2 heterocycles. The molecule has 0 aliphatic carbocycles. The van der Waals surface area contributed by atoms with Crippen LogP contribution in [0.2, 0.25) is 0 Å². The fraction of sp³-hybridized carbons (Fsp3) is 0.980. The van der Waals surface area contributed by atoms with Gasteiger partial charge in [0.1, 0.15) is 48.8 Å². The molecule has 12 atom stereocenters. The second-order valence-corrected chi connectivity index (χ2v) is 18.8. The maximum Gasteiger partial charge on any atom is 0.217 e. The molecule has 0 aromatic heterocycles. The number of nitrogens with one attached hydrogen (secondary N) is 1. The summed E-state index contributed by atoms with van der Waals surface area (Å²) in [6.45, 7) is 1.95. The Hall–Kier alpha value is -1.01. The van der Waals surface area contributed by atoms with Crippen LogP contribution in [0.25, 0.3) is 0 Å². The lowest BCUT2D eigenvalue weighted by atomic mass is 9.97. The van der Waals surface area contributed by atoms with Crippen LogP contribution in [0, 0.1) is 0 Å². The summed E-state index contributed by atoms with van der Waals surface area (Å²) >= 11 is 0. The number of amides is 1. The van der Waals surface area contributed by atoms with Crippen molar-refractivity contribution in [2.24, 2.45) is 0 Å². The predicted molar refractivity (Wildman–Crippen MR) is 245 cm³/mol. The molecule has 9 N–H and O–H groups in total. The van der Waals surface area contributed by atoms with Crippen LogP contribution < -0.4 is 5.32 Å². The minimum absolute atomic E-state index is 0.259. The zero-order valence-electron chi connectivity index (χ0n) is 39.6. The van der Waals surface area contributed by atoms with E-state index in [9.17, 15) is 45.6 Å². The van der Waals surface area contributed by atoms with Crippen molar-refractivity contribution in [3.8, 4) is 0 Å². The topological polar surface area (TPSA) is 228 Å². The second kappa shape index (κ2) is 37.0. The third-order valence-electron chi connectivity index (χ3n) is 13.1. The fourth-order valence-electron chi connectivity index (χ4n) is 8.98. The molecule has 12 unspecified atom stereocenters. The number of hydrogen-bond donors (Lipinski definition) is 9. The van der Waals surface area contributed by atoms with Gasteiger partial charge >= 0.3 is 0 Å². The number of rotatable bonds is 40. The average Bonchev–Trinajstić information content (AvgIpc) is 3.27. The molecule has 1 amide bonds. The molecule has 0 bridgehead atoms. The largest absolute Gasteiger partial charge is 0.394 e. The first-order chi connectivity index (χ1) is 30.5. The van der Waals surface area contributed by atoms with Gasteiger partial charge in [-0.15, -0.1) is 0 Å². The molecule has 2 aliphatic heterocycles. The SMILES string of the molecule is CCCCCCCCCCCCCCCCCCCCCCCCCCCCCCCCC(O)C(COC1OC(CO)C(OC2OC(CO)C(O)C(O)C2O)C(O)C1O)NC(C)=O. The second-order valence-electron chi connectivity index (χ2n) is 18.8. The van der Waals surface area contributed by atoms with Crippen molar-refractivity contribution >= 4 is 5.91 Å². The Labute approximate surface area is 381 Å². The van der Waals surface area contributed by atoms with Crippen molar-refractivity contribution in [3.05, 3.63) is 0 Å². The van der Waals surface area contributed by atoms with E-state index >= 15 is 0 Å². The van der Waals surface area contributed by atoms with Gasteiger partial charge in [0.05, 0.1) is 32.0 Å². The minimum atomic E-state index is -1.77. The van der Waals surface area contributed by atoms with Crippen LogP contribution >= 0.6 is 0 Å². The van der Waals surface area contributed by atoms with Crippen LogP contribution in [0.1, 0.15) is 213 Å². The number of ether oxygens (including phenoxy) is 4. The van der Waals surface area contributed by atoms with Crippen LogP contribution in [0.4, 0.5) is 0 Å². The van der Waals surface area contributed by atoms with E-state index < -0.39 is 86.8 Å². The molecule has 0 saturated carbocycles. The van der Waals surface area contributed by atoms with E-state index in [-0.39, 0.29) is 12.5 Å². The lowest BCUT2D eigenvalue weighted by Gasteiger charge is -2.46. The van der Waals surface area contributed by atoms with E-state index in [1.807, 2.05) is 0 Å². The summed E-state index contributed by atoms with van der Waals surface area (Å²) < 4.78 is 22.3. The molecular weight excluding hydrogens is 811 g/mol. The first-order valence-electron chi connectivity index (χ1n) is 25.7. The molecule has 0 spiro atoms. The predicted octanol–water partition coefficient (Wildman–Crippen LogP) is 6.61. The van der Waals surface area contributed by atoms with E-state index in [4.69, 9.17) is 18.9 Å². The molecule has 14 heteroatoms. The third kappa shape index (κ3) is 25.1. The fourth-order valence-corrected chi connectivity index (χ4v) is 8.98.